The summed E-state index contributed by atoms with van der Waals surface area (Å²) in [6.07, 6.45) is 0.919. The Labute approximate surface area is 188 Å². The molecule has 2 N–H and O–H groups in total. The van der Waals surface area contributed by atoms with E-state index in [9.17, 15) is 18.0 Å². The van der Waals surface area contributed by atoms with Gasteiger partial charge in [-0.15, -0.1) is 0 Å². The third-order valence-corrected chi connectivity index (χ3v) is 7.01. The van der Waals surface area contributed by atoms with Gasteiger partial charge in [-0.05, 0) is 38.0 Å². The zero-order valence-electron chi connectivity index (χ0n) is 18.6. The molecule has 3 atom stereocenters. The van der Waals surface area contributed by atoms with Gasteiger partial charge in [0.1, 0.15) is 18.5 Å². The molecule has 10 nitrogen and oxygen atoms in total. The van der Waals surface area contributed by atoms with Crippen LogP contribution in [0.5, 0.6) is 5.75 Å². The Kier molecular flexibility index (Phi) is 7.96. The molecule has 32 heavy (non-hydrogen) atoms. The van der Waals surface area contributed by atoms with Crippen LogP contribution in [0.4, 0.5) is 5.69 Å². The average molecular weight is 470 g/mol. The van der Waals surface area contributed by atoms with E-state index in [4.69, 9.17) is 14.2 Å². The molecule has 2 aliphatic heterocycles. The van der Waals surface area contributed by atoms with Crippen LogP contribution >= 0.6 is 0 Å². The van der Waals surface area contributed by atoms with Crippen LogP contribution in [0.3, 0.4) is 0 Å². The smallest absolute Gasteiger partial charge is 0.257 e. The van der Waals surface area contributed by atoms with Gasteiger partial charge in [0.15, 0.2) is 0 Å². The van der Waals surface area contributed by atoms with Crippen molar-refractivity contribution in [3.63, 3.8) is 0 Å². The van der Waals surface area contributed by atoms with Crippen molar-refractivity contribution in [3.05, 3.63) is 23.8 Å². The highest BCUT2D eigenvalue weighted by Gasteiger charge is 2.39. The third-order valence-electron chi connectivity index (χ3n) is 5.71. The lowest BCUT2D eigenvalue weighted by Crippen LogP contribution is -2.54. The summed E-state index contributed by atoms with van der Waals surface area (Å²) in [4.78, 5) is 26.9. The van der Waals surface area contributed by atoms with Crippen molar-refractivity contribution in [3.8, 4) is 5.75 Å². The van der Waals surface area contributed by atoms with Crippen LogP contribution in [0.1, 0.15) is 36.5 Å². The first-order chi connectivity index (χ1) is 15.2. The summed E-state index contributed by atoms with van der Waals surface area (Å²) in [5.74, 6) is -0.0790. The first-order valence-corrected chi connectivity index (χ1v) is 12.3. The molecular weight excluding hydrogens is 438 g/mol. The number of hydrogen-bond donors (Lipinski definition) is 2. The fourth-order valence-corrected chi connectivity index (χ4v) is 4.54. The van der Waals surface area contributed by atoms with Gasteiger partial charge in [-0.25, -0.2) is 8.42 Å². The summed E-state index contributed by atoms with van der Waals surface area (Å²) in [6.45, 7) is 2.65. The quantitative estimate of drug-likeness (QED) is 0.544. The molecule has 2 aliphatic rings. The van der Waals surface area contributed by atoms with Gasteiger partial charge in [-0.3, -0.25) is 14.3 Å². The van der Waals surface area contributed by atoms with Crippen molar-refractivity contribution in [2.24, 2.45) is 0 Å². The molecule has 0 radical (unpaired) electrons. The van der Waals surface area contributed by atoms with E-state index in [0.29, 0.717) is 43.0 Å². The van der Waals surface area contributed by atoms with Crippen molar-refractivity contribution in [2.75, 3.05) is 44.4 Å². The van der Waals surface area contributed by atoms with Crippen molar-refractivity contribution < 1.29 is 32.2 Å². The molecule has 3 rings (SSSR count). The number of amides is 2. The predicted molar refractivity (Wildman–Crippen MR) is 118 cm³/mol. The van der Waals surface area contributed by atoms with E-state index in [2.05, 4.69) is 10.0 Å². The standard InChI is InChI=1S/C21H31N3O7S/c1-4-32(27,28)23-14-5-8-18-16(11-14)21(26)24(2)17-7-6-15(31-19(17)13-30-18)12-20(25)22-9-10-29-3/h5,8,11,15,17,19,23H,4,6-7,9-10,12-13H2,1-3H3,(H,22,25)/t15-,17+,19+/m1/s1. The zero-order chi connectivity index (χ0) is 23.3. The number of methoxy groups -OCH3 is 1. The van der Waals surface area contributed by atoms with Gasteiger partial charge in [0.25, 0.3) is 5.91 Å². The maximum absolute atomic E-state index is 13.2. The Hall–Kier alpha value is -2.37. The molecule has 1 fully saturated rings. The Morgan fingerprint density at radius 1 is 1.31 bits per heavy atom. The highest BCUT2D eigenvalue weighted by Crippen LogP contribution is 2.32. The van der Waals surface area contributed by atoms with Gasteiger partial charge < -0.3 is 24.4 Å². The van der Waals surface area contributed by atoms with Gasteiger partial charge in [0.2, 0.25) is 15.9 Å². The number of benzene rings is 1. The molecule has 178 valence electrons. The monoisotopic (exact) mass is 469 g/mol. The lowest BCUT2D eigenvalue weighted by molar-refractivity contribution is -0.134. The summed E-state index contributed by atoms with van der Waals surface area (Å²) >= 11 is 0. The third kappa shape index (κ3) is 5.90. The highest BCUT2D eigenvalue weighted by atomic mass is 32.2. The van der Waals surface area contributed by atoms with E-state index in [1.165, 1.54) is 13.0 Å². The number of anilines is 1. The molecule has 0 aromatic heterocycles. The van der Waals surface area contributed by atoms with E-state index in [-0.39, 0.29) is 48.8 Å². The minimum Gasteiger partial charge on any atom is -0.490 e. The van der Waals surface area contributed by atoms with Gasteiger partial charge >= 0.3 is 0 Å². The zero-order valence-corrected chi connectivity index (χ0v) is 19.4. The maximum Gasteiger partial charge on any atom is 0.257 e. The summed E-state index contributed by atoms with van der Waals surface area (Å²) in [7, 11) is -0.182. The second-order valence-electron chi connectivity index (χ2n) is 7.93. The highest BCUT2D eigenvalue weighted by molar-refractivity contribution is 7.92. The topological polar surface area (TPSA) is 123 Å². The molecule has 1 aromatic carbocycles. The van der Waals surface area contributed by atoms with Crippen molar-refractivity contribution in [1.82, 2.24) is 10.2 Å². The van der Waals surface area contributed by atoms with E-state index < -0.39 is 10.0 Å². The van der Waals surface area contributed by atoms with Gasteiger partial charge in [0.05, 0.1) is 36.5 Å². The summed E-state index contributed by atoms with van der Waals surface area (Å²) in [5, 5.41) is 2.79. The molecule has 1 saturated heterocycles. The van der Waals surface area contributed by atoms with Crippen LogP contribution in [0, 0.1) is 0 Å². The Morgan fingerprint density at radius 2 is 2.09 bits per heavy atom. The molecule has 1 aromatic rings. The SMILES string of the molecule is CCS(=O)(=O)Nc1ccc2c(c1)C(=O)N(C)[C@H]1CC[C@H](CC(=O)NCCOC)O[C@H]1CO2. The first-order valence-electron chi connectivity index (χ1n) is 10.7. The van der Waals surface area contributed by atoms with Gasteiger partial charge in [-0.2, -0.15) is 0 Å². The van der Waals surface area contributed by atoms with Crippen LogP contribution in [-0.2, 0) is 24.3 Å². The molecule has 0 spiro atoms. The van der Waals surface area contributed by atoms with Crippen LogP contribution in [-0.4, -0.2) is 83.1 Å². The lowest BCUT2D eigenvalue weighted by atomic mass is 9.94. The first kappa shape index (κ1) is 24.3. The fraction of sp³-hybridized carbons (Fsp3) is 0.619. The van der Waals surface area contributed by atoms with E-state index >= 15 is 0 Å². The van der Waals surface area contributed by atoms with Crippen molar-refractivity contribution in [2.45, 2.75) is 44.4 Å². The Balaban J connectivity index is 1.71. The second-order valence-corrected chi connectivity index (χ2v) is 9.94. The number of likely N-dealkylation sites (N-methyl/N-ethyl adjacent to an activating group) is 1. The minimum absolute atomic E-state index is 0.0684. The maximum atomic E-state index is 13.2. The number of hydrogen-bond acceptors (Lipinski definition) is 7. The minimum atomic E-state index is -3.46. The number of carbonyl (C=O) groups is 2. The largest absolute Gasteiger partial charge is 0.490 e. The number of rotatable bonds is 8. The van der Waals surface area contributed by atoms with Crippen LogP contribution in [0.25, 0.3) is 0 Å². The molecule has 0 bridgehead atoms. The van der Waals surface area contributed by atoms with Crippen LogP contribution < -0.4 is 14.8 Å². The van der Waals surface area contributed by atoms with E-state index in [0.717, 1.165) is 0 Å². The Morgan fingerprint density at radius 3 is 2.81 bits per heavy atom. The van der Waals surface area contributed by atoms with E-state index in [1.807, 2.05) is 0 Å². The molecule has 0 saturated carbocycles. The number of carbonyl (C=O) groups excluding carboxylic acids is 2. The number of fused-ring (bicyclic) bond motifs is 2. The van der Waals surface area contributed by atoms with Crippen molar-refractivity contribution >= 4 is 27.5 Å². The van der Waals surface area contributed by atoms with Crippen LogP contribution in [0.2, 0.25) is 0 Å². The molecule has 0 unspecified atom stereocenters. The molecule has 2 heterocycles. The van der Waals surface area contributed by atoms with Gasteiger partial charge in [0, 0.05) is 26.4 Å². The lowest BCUT2D eigenvalue weighted by Gasteiger charge is -2.42. The van der Waals surface area contributed by atoms with E-state index in [1.54, 1.807) is 31.2 Å². The fourth-order valence-electron chi connectivity index (χ4n) is 3.91. The van der Waals surface area contributed by atoms with Crippen molar-refractivity contribution in [1.29, 1.82) is 0 Å². The average Bonchev–Trinajstić information content (AvgIpc) is 2.76. The Bertz CT molecular complexity index is 937. The number of ether oxygens (including phenoxy) is 3. The van der Waals surface area contributed by atoms with Crippen LogP contribution in [0.15, 0.2) is 18.2 Å². The second kappa shape index (κ2) is 10.5. The number of sulfonamides is 1. The predicted octanol–water partition coefficient (Wildman–Crippen LogP) is 0.982. The summed E-state index contributed by atoms with van der Waals surface area (Å²) in [5.41, 5.74) is 0.606. The molecule has 2 amide bonds. The molecule has 0 aliphatic carbocycles. The molecule has 11 heteroatoms. The normalized spacial score (nSPS) is 23.3. The number of nitrogens with zero attached hydrogens (tertiary/aromatic N) is 1. The summed E-state index contributed by atoms with van der Waals surface area (Å²) in [6, 6.07) is 4.43. The molecular formula is C21H31N3O7S. The number of nitrogens with one attached hydrogen (secondary N) is 2. The van der Waals surface area contributed by atoms with Gasteiger partial charge in [-0.1, -0.05) is 0 Å². The summed E-state index contributed by atoms with van der Waals surface area (Å²) < 4.78 is 43.2.